The summed E-state index contributed by atoms with van der Waals surface area (Å²) < 4.78 is 7.86. The van der Waals surface area contributed by atoms with Gasteiger partial charge in [-0.2, -0.15) is 0 Å². The summed E-state index contributed by atoms with van der Waals surface area (Å²) in [6.07, 6.45) is 6.15. The molecule has 1 atom stereocenters. The summed E-state index contributed by atoms with van der Waals surface area (Å²) in [5, 5.41) is 0. The van der Waals surface area contributed by atoms with Gasteiger partial charge in [0.25, 0.3) is 5.91 Å². The third-order valence-corrected chi connectivity index (χ3v) is 4.31. The number of aromatic nitrogens is 3. The predicted molar refractivity (Wildman–Crippen MR) is 89.1 cm³/mol. The fourth-order valence-electron chi connectivity index (χ4n) is 3.12. The van der Waals surface area contributed by atoms with Gasteiger partial charge < -0.3 is 14.0 Å². The Labute approximate surface area is 139 Å². The first kappa shape index (κ1) is 14.7. The van der Waals surface area contributed by atoms with Gasteiger partial charge in [-0.25, -0.2) is 4.98 Å². The molecule has 0 radical (unpaired) electrons. The zero-order valence-electron chi connectivity index (χ0n) is 13.4. The van der Waals surface area contributed by atoms with E-state index in [1.54, 1.807) is 12.4 Å². The highest BCUT2D eigenvalue weighted by Gasteiger charge is 2.30. The molecule has 0 N–H and O–H groups in total. The number of ether oxygens (including phenoxy) is 1. The van der Waals surface area contributed by atoms with E-state index in [4.69, 9.17) is 4.74 Å². The summed E-state index contributed by atoms with van der Waals surface area (Å²) in [5.41, 5.74) is 1.36. The lowest BCUT2D eigenvalue weighted by molar-refractivity contribution is 0.0769. The Morgan fingerprint density at radius 3 is 2.92 bits per heavy atom. The predicted octanol–water partition coefficient (Wildman–Crippen LogP) is 2.33. The number of rotatable bonds is 3. The van der Waals surface area contributed by atoms with Crippen molar-refractivity contribution in [3.63, 3.8) is 0 Å². The van der Waals surface area contributed by atoms with E-state index >= 15 is 0 Å². The van der Waals surface area contributed by atoms with E-state index in [0.717, 1.165) is 23.5 Å². The van der Waals surface area contributed by atoms with Gasteiger partial charge in [-0.05, 0) is 31.2 Å². The van der Waals surface area contributed by atoms with Crippen LogP contribution in [0.15, 0.2) is 48.9 Å². The Hall–Kier alpha value is -2.89. The molecule has 0 unspecified atom stereocenters. The second-order valence-corrected chi connectivity index (χ2v) is 5.93. The Balaban J connectivity index is 1.51. The molecule has 0 spiro atoms. The average Bonchev–Trinajstić information content (AvgIpc) is 3.21. The van der Waals surface area contributed by atoms with Crippen LogP contribution in [-0.2, 0) is 0 Å². The van der Waals surface area contributed by atoms with Crippen molar-refractivity contribution in [2.45, 2.75) is 19.4 Å². The van der Waals surface area contributed by atoms with Crippen LogP contribution in [-0.4, -0.2) is 44.4 Å². The quantitative estimate of drug-likeness (QED) is 0.742. The number of hydrogen-bond acceptors (Lipinski definition) is 4. The van der Waals surface area contributed by atoms with Gasteiger partial charge in [-0.3, -0.25) is 9.78 Å². The Morgan fingerprint density at radius 2 is 2.08 bits per heavy atom. The van der Waals surface area contributed by atoms with Gasteiger partial charge in [0.2, 0.25) is 0 Å². The molecule has 6 nitrogen and oxygen atoms in total. The van der Waals surface area contributed by atoms with Crippen LogP contribution >= 0.6 is 0 Å². The topological polar surface area (TPSA) is 59.7 Å². The van der Waals surface area contributed by atoms with Gasteiger partial charge in [0.15, 0.2) is 5.69 Å². The van der Waals surface area contributed by atoms with Gasteiger partial charge in [0, 0.05) is 31.6 Å². The zero-order valence-corrected chi connectivity index (χ0v) is 13.4. The van der Waals surface area contributed by atoms with Crippen molar-refractivity contribution >= 4 is 11.4 Å². The lowest BCUT2D eigenvalue weighted by Gasteiger charge is -2.16. The molecular weight excluding hydrogens is 304 g/mol. The molecule has 4 rings (SSSR count). The van der Waals surface area contributed by atoms with Crippen LogP contribution in [0.4, 0.5) is 0 Å². The van der Waals surface area contributed by atoms with E-state index in [2.05, 4.69) is 9.97 Å². The van der Waals surface area contributed by atoms with Crippen molar-refractivity contribution in [3.8, 4) is 5.75 Å². The molecule has 4 heterocycles. The third kappa shape index (κ3) is 2.60. The normalized spacial score (nSPS) is 17.4. The smallest absolute Gasteiger partial charge is 0.274 e. The molecule has 0 aromatic carbocycles. The van der Waals surface area contributed by atoms with Gasteiger partial charge >= 0.3 is 0 Å². The van der Waals surface area contributed by atoms with Crippen molar-refractivity contribution in [1.29, 1.82) is 0 Å². The van der Waals surface area contributed by atoms with E-state index in [0.29, 0.717) is 18.8 Å². The molecule has 24 heavy (non-hydrogen) atoms. The maximum atomic E-state index is 12.9. The number of carbonyl (C=O) groups excluding carboxylic acids is 1. The number of carbonyl (C=O) groups is 1. The summed E-state index contributed by atoms with van der Waals surface area (Å²) in [4.78, 5) is 23.1. The van der Waals surface area contributed by atoms with E-state index < -0.39 is 0 Å². The van der Waals surface area contributed by atoms with Crippen LogP contribution in [0, 0.1) is 6.92 Å². The first-order valence-corrected chi connectivity index (χ1v) is 8.02. The largest absolute Gasteiger partial charge is 0.488 e. The number of aryl methyl sites for hydroxylation is 1. The fraction of sp³-hybridized carbons (Fsp3) is 0.278. The number of imidazole rings is 1. The highest BCUT2D eigenvalue weighted by molar-refractivity contribution is 5.99. The number of fused-ring (bicyclic) bond motifs is 1. The molecule has 0 bridgehead atoms. The van der Waals surface area contributed by atoms with Crippen LogP contribution < -0.4 is 4.74 Å². The average molecular weight is 322 g/mol. The first-order valence-electron chi connectivity index (χ1n) is 8.02. The lowest BCUT2D eigenvalue weighted by Crippen LogP contribution is -2.31. The highest BCUT2D eigenvalue weighted by Crippen LogP contribution is 2.21. The van der Waals surface area contributed by atoms with Gasteiger partial charge in [0.05, 0.1) is 12.1 Å². The van der Waals surface area contributed by atoms with Crippen LogP contribution in [0.3, 0.4) is 0 Å². The fourth-order valence-corrected chi connectivity index (χ4v) is 3.12. The Bertz CT molecular complexity index is 875. The van der Waals surface area contributed by atoms with E-state index in [1.807, 2.05) is 52.8 Å². The van der Waals surface area contributed by atoms with Crippen LogP contribution in [0.2, 0.25) is 0 Å². The lowest BCUT2D eigenvalue weighted by atomic mass is 10.3. The van der Waals surface area contributed by atoms with E-state index in [-0.39, 0.29) is 12.0 Å². The molecule has 1 saturated heterocycles. The zero-order chi connectivity index (χ0) is 16.5. The monoisotopic (exact) mass is 322 g/mol. The molecule has 0 aliphatic carbocycles. The van der Waals surface area contributed by atoms with Gasteiger partial charge in [-0.15, -0.1) is 0 Å². The molecule has 3 aromatic heterocycles. The van der Waals surface area contributed by atoms with Crippen molar-refractivity contribution in [1.82, 2.24) is 19.3 Å². The minimum atomic E-state index is -0.0346. The van der Waals surface area contributed by atoms with Crippen molar-refractivity contribution < 1.29 is 9.53 Å². The first-order chi connectivity index (χ1) is 11.7. The SMILES string of the molecule is Cc1nc(C(=O)N2CC[C@H](Oc3ccncc3)C2)c2ccccn12. The van der Waals surface area contributed by atoms with Crippen LogP contribution in [0.1, 0.15) is 22.7 Å². The van der Waals surface area contributed by atoms with E-state index in [9.17, 15) is 4.79 Å². The molecule has 1 fully saturated rings. The molecule has 122 valence electrons. The van der Waals surface area contributed by atoms with Crippen LogP contribution in [0.25, 0.3) is 5.52 Å². The maximum absolute atomic E-state index is 12.9. The summed E-state index contributed by atoms with van der Waals surface area (Å²) in [7, 11) is 0. The molecule has 1 aliphatic heterocycles. The number of nitrogens with zero attached hydrogens (tertiary/aromatic N) is 4. The number of amides is 1. The van der Waals surface area contributed by atoms with E-state index in [1.165, 1.54) is 0 Å². The summed E-state index contributed by atoms with van der Waals surface area (Å²) in [6, 6.07) is 9.44. The molecule has 1 amide bonds. The van der Waals surface area contributed by atoms with Gasteiger partial charge in [-0.1, -0.05) is 6.07 Å². The van der Waals surface area contributed by atoms with Crippen LogP contribution in [0.5, 0.6) is 5.75 Å². The molecule has 1 aliphatic rings. The highest BCUT2D eigenvalue weighted by atomic mass is 16.5. The second kappa shape index (κ2) is 5.96. The minimum Gasteiger partial charge on any atom is -0.488 e. The maximum Gasteiger partial charge on any atom is 0.274 e. The summed E-state index contributed by atoms with van der Waals surface area (Å²) in [6.45, 7) is 3.16. The van der Waals surface area contributed by atoms with Crippen molar-refractivity contribution in [3.05, 3.63) is 60.4 Å². The number of pyridine rings is 2. The Kier molecular flexibility index (Phi) is 3.65. The summed E-state index contributed by atoms with van der Waals surface area (Å²) in [5.74, 6) is 1.57. The van der Waals surface area contributed by atoms with Crippen molar-refractivity contribution in [2.75, 3.05) is 13.1 Å². The van der Waals surface area contributed by atoms with Crippen molar-refractivity contribution in [2.24, 2.45) is 0 Å². The molecular formula is C18H18N4O2. The second-order valence-electron chi connectivity index (χ2n) is 5.93. The third-order valence-electron chi connectivity index (χ3n) is 4.31. The standard InChI is InChI=1S/C18H18N4O2/c1-13-20-17(16-4-2-3-10-22(13)16)18(23)21-11-7-15(12-21)24-14-5-8-19-9-6-14/h2-6,8-10,15H,7,11-12H2,1H3/t15-/m0/s1. The number of hydrogen-bond donors (Lipinski definition) is 0. The van der Waals surface area contributed by atoms with Gasteiger partial charge in [0.1, 0.15) is 17.7 Å². The molecule has 3 aromatic rings. The Morgan fingerprint density at radius 1 is 1.25 bits per heavy atom. The number of likely N-dealkylation sites (tertiary alicyclic amines) is 1. The minimum absolute atomic E-state index is 0.00586. The molecule has 6 heteroatoms. The summed E-state index contributed by atoms with van der Waals surface area (Å²) >= 11 is 0. The molecule has 0 saturated carbocycles.